The molecule has 1 saturated carbocycles. The summed E-state index contributed by atoms with van der Waals surface area (Å²) in [6.07, 6.45) is 5.31. The summed E-state index contributed by atoms with van der Waals surface area (Å²) in [5.74, 6) is 1.87. The fourth-order valence-corrected chi connectivity index (χ4v) is 2.19. The largest absolute Gasteiger partial charge is 0.494 e. The lowest BCUT2D eigenvalue weighted by atomic mass is 10.0. The normalized spacial score (nSPS) is 18.5. The molecule has 17 heavy (non-hydrogen) atoms. The Kier molecular flexibility index (Phi) is 2.75. The van der Waals surface area contributed by atoms with E-state index < -0.39 is 0 Å². The highest BCUT2D eigenvalue weighted by Crippen LogP contribution is 2.33. The fraction of sp³-hybridized carbons (Fsp3) is 0.500. The van der Waals surface area contributed by atoms with Gasteiger partial charge in [0.25, 0.3) is 0 Å². The average molecular weight is 231 g/mol. The molecule has 1 aliphatic carbocycles. The van der Waals surface area contributed by atoms with E-state index in [-0.39, 0.29) is 5.91 Å². The zero-order chi connectivity index (χ0) is 11.7. The van der Waals surface area contributed by atoms with Crippen LogP contribution in [-0.2, 0) is 11.2 Å². The van der Waals surface area contributed by atoms with Crippen LogP contribution in [0.3, 0.4) is 0 Å². The minimum Gasteiger partial charge on any atom is -0.494 e. The van der Waals surface area contributed by atoms with Crippen molar-refractivity contribution < 1.29 is 9.53 Å². The van der Waals surface area contributed by atoms with Crippen LogP contribution in [0.1, 0.15) is 31.2 Å². The molecule has 0 saturated heterocycles. The molecule has 2 aliphatic rings. The van der Waals surface area contributed by atoms with Crippen molar-refractivity contribution in [1.29, 1.82) is 0 Å². The highest BCUT2D eigenvalue weighted by molar-refractivity contribution is 5.94. The molecule has 1 fully saturated rings. The maximum absolute atomic E-state index is 11.3. The zero-order valence-corrected chi connectivity index (χ0v) is 9.87. The molecule has 0 spiro atoms. The van der Waals surface area contributed by atoms with Gasteiger partial charge in [-0.2, -0.15) is 0 Å². The number of carbonyl (C=O) groups is 1. The number of carbonyl (C=O) groups excluding carboxylic acids is 1. The van der Waals surface area contributed by atoms with Crippen molar-refractivity contribution in [2.45, 2.75) is 32.1 Å². The number of anilines is 1. The van der Waals surface area contributed by atoms with Crippen molar-refractivity contribution in [3.05, 3.63) is 23.8 Å². The van der Waals surface area contributed by atoms with Gasteiger partial charge in [0.05, 0.1) is 6.61 Å². The number of hydrogen-bond acceptors (Lipinski definition) is 2. The molecule has 1 heterocycles. The van der Waals surface area contributed by atoms with Gasteiger partial charge in [0.15, 0.2) is 0 Å². The van der Waals surface area contributed by atoms with Crippen molar-refractivity contribution in [3.8, 4) is 5.75 Å². The van der Waals surface area contributed by atoms with Crippen LogP contribution >= 0.6 is 0 Å². The van der Waals surface area contributed by atoms with Gasteiger partial charge in [-0.25, -0.2) is 0 Å². The number of hydrogen-bond donors (Lipinski definition) is 1. The molecular formula is C14H17NO2. The van der Waals surface area contributed by atoms with Crippen molar-refractivity contribution in [2.24, 2.45) is 5.92 Å². The van der Waals surface area contributed by atoms with E-state index in [1.807, 2.05) is 12.1 Å². The number of nitrogens with one attached hydrogen (secondary N) is 1. The minimum absolute atomic E-state index is 0.104. The highest BCUT2D eigenvalue weighted by atomic mass is 16.5. The first-order valence-corrected chi connectivity index (χ1v) is 6.37. The van der Waals surface area contributed by atoms with Gasteiger partial charge < -0.3 is 10.1 Å². The second-order valence-corrected chi connectivity index (χ2v) is 4.95. The first-order valence-electron chi connectivity index (χ1n) is 6.37. The van der Waals surface area contributed by atoms with Gasteiger partial charge in [-0.3, -0.25) is 4.79 Å². The van der Waals surface area contributed by atoms with Crippen molar-refractivity contribution in [3.63, 3.8) is 0 Å². The molecule has 0 radical (unpaired) electrons. The summed E-state index contributed by atoms with van der Waals surface area (Å²) < 4.78 is 5.71. The van der Waals surface area contributed by atoms with E-state index in [4.69, 9.17) is 4.74 Å². The molecule has 90 valence electrons. The van der Waals surface area contributed by atoms with Crippen LogP contribution < -0.4 is 10.1 Å². The number of benzene rings is 1. The molecule has 0 bridgehead atoms. The van der Waals surface area contributed by atoms with Gasteiger partial charge in [0.2, 0.25) is 5.91 Å². The maximum Gasteiger partial charge on any atom is 0.224 e. The van der Waals surface area contributed by atoms with Crippen LogP contribution in [0.2, 0.25) is 0 Å². The molecular weight excluding hydrogens is 214 g/mol. The third-order valence-electron chi connectivity index (χ3n) is 3.47. The molecule has 1 aromatic carbocycles. The average Bonchev–Trinajstić information content (AvgIpc) is 3.12. The predicted octanol–water partition coefficient (Wildman–Crippen LogP) is 2.75. The van der Waals surface area contributed by atoms with E-state index in [1.54, 1.807) is 0 Å². The van der Waals surface area contributed by atoms with Gasteiger partial charge >= 0.3 is 0 Å². The molecule has 1 N–H and O–H groups in total. The monoisotopic (exact) mass is 231 g/mol. The van der Waals surface area contributed by atoms with Gasteiger partial charge in [-0.15, -0.1) is 0 Å². The van der Waals surface area contributed by atoms with E-state index in [0.29, 0.717) is 6.42 Å². The third-order valence-corrected chi connectivity index (χ3v) is 3.47. The number of amides is 1. The Morgan fingerprint density at radius 1 is 1.29 bits per heavy atom. The topological polar surface area (TPSA) is 38.3 Å². The van der Waals surface area contributed by atoms with E-state index in [9.17, 15) is 4.79 Å². The number of rotatable bonds is 4. The Hall–Kier alpha value is -1.51. The first kappa shape index (κ1) is 10.6. The summed E-state index contributed by atoms with van der Waals surface area (Å²) in [7, 11) is 0. The maximum atomic E-state index is 11.3. The molecule has 1 amide bonds. The van der Waals surface area contributed by atoms with E-state index >= 15 is 0 Å². The molecule has 3 heteroatoms. The second-order valence-electron chi connectivity index (χ2n) is 4.95. The van der Waals surface area contributed by atoms with E-state index in [2.05, 4.69) is 11.4 Å². The number of ether oxygens (including phenoxy) is 1. The van der Waals surface area contributed by atoms with Crippen LogP contribution in [0.4, 0.5) is 5.69 Å². The lowest BCUT2D eigenvalue weighted by Gasteiger charge is -2.17. The first-order chi connectivity index (χ1) is 8.31. The predicted molar refractivity (Wildman–Crippen MR) is 66.2 cm³/mol. The molecule has 0 atom stereocenters. The van der Waals surface area contributed by atoms with Crippen LogP contribution in [0.15, 0.2) is 18.2 Å². The van der Waals surface area contributed by atoms with Gasteiger partial charge in [-0.05, 0) is 30.4 Å². The number of aryl methyl sites for hydroxylation is 1. The van der Waals surface area contributed by atoms with Crippen molar-refractivity contribution >= 4 is 11.6 Å². The van der Waals surface area contributed by atoms with Gasteiger partial charge in [0, 0.05) is 18.2 Å². The molecule has 3 rings (SSSR count). The lowest BCUT2D eigenvalue weighted by molar-refractivity contribution is -0.116. The Bertz CT molecular complexity index is 438. The Balaban J connectivity index is 1.64. The minimum atomic E-state index is 0.104. The molecule has 1 aromatic rings. The van der Waals surface area contributed by atoms with Crippen LogP contribution in [0, 0.1) is 5.92 Å². The summed E-state index contributed by atoms with van der Waals surface area (Å²) in [6.45, 7) is 0.789. The second kappa shape index (κ2) is 4.40. The Morgan fingerprint density at radius 3 is 3.00 bits per heavy atom. The molecule has 0 unspecified atom stereocenters. The quantitative estimate of drug-likeness (QED) is 0.865. The Labute approximate surface area is 101 Å². The van der Waals surface area contributed by atoms with Crippen molar-refractivity contribution in [1.82, 2.24) is 0 Å². The summed E-state index contributed by atoms with van der Waals surface area (Å²) in [5, 5.41) is 2.89. The Morgan fingerprint density at radius 2 is 2.18 bits per heavy atom. The highest BCUT2D eigenvalue weighted by Gasteiger charge is 2.21. The smallest absolute Gasteiger partial charge is 0.224 e. The summed E-state index contributed by atoms with van der Waals surface area (Å²) in [6, 6.07) is 6.00. The summed E-state index contributed by atoms with van der Waals surface area (Å²) >= 11 is 0. The molecule has 3 nitrogen and oxygen atoms in total. The summed E-state index contributed by atoms with van der Waals surface area (Å²) in [5.41, 5.74) is 2.13. The third kappa shape index (κ3) is 2.60. The van der Waals surface area contributed by atoms with E-state index in [0.717, 1.165) is 36.8 Å². The van der Waals surface area contributed by atoms with E-state index in [1.165, 1.54) is 18.4 Å². The standard InChI is InChI=1S/C14H17NO2/c16-14-6-4-11-3-5-12(9-13(11)15-14)17-8-7-10-1-2-10/h3,5,9-10H,1-2,4,6-8H2,(H,15,16). The lowest BCUT2D eigenvalue weighted by Crippen LogP contribution is -2.18. The summed E-state index contributed by atoms with van der Waals surface area (Å²) in [4.78, 5) is 11.3. The van der Waals surface area contributed by atoms with Crippen molar-refractivity contribution in [2.75, 3.05) is 11.9 Å². The SMILES string of the molecule is O=C1CCc2ccc(OCCC3CC3)cc2N1. The fourth-order valence-electron chi connectivity index (χ4n) is 2.19. The molecule has 0 aromatic heterocycles. The van der Waals surface area contributed by atoms with Crippen LogP contribution in [0.25, 0.3) is 0 Å². The zero-order valence-electron chi connectivity index (χ0n) is 9.87. The molecule has 1 aliphatic heterocycles. The van der Waals surface area contributed by atoms with Gasteiger partial charge in [0.1, 0.15) is 5.75 Å². The van der Waals surface area contributed by atoms with Crippen LogP contribution in [0.5, 0.6) is 5.75 Å². The number of fused-ring (bicyclic) bond motifs is 1. The van der Waals surface area contributed by atoms with Crippen LogP contribution in [-0.4, -0.2) is 12.5 Å². The van der Waals surface area contributed by atoms with Gasteiger partial charge in [-0.1, -0.05) is 18.9 Å².